The van der Waals surface area contributed by atoms with Crippen LogP contribution in [0.3, 0.4) is 0 Å². The van der Waals surface area contributed by atoms with E-state index in [1.807, 2.05) is 52.4 Å². The molecule has 5 rings (SSSR count). The van der Waals surface area contributed by atoms with Gasteiger partial charge in [0, 0.05) is 6.54 Å². The number of likely N-dealkylation sites (tertiary alicyclic amines) is 1. The van der Waals surface area contributed by atoms with Crippen LogP contribution in [-0.4, -0.2) is 43.8 Å². The third-order valence-corrected chi connectivity index (χ3v) is 6.37. The van der Waals surface area contributed by atoms with Crippen molar-refractivity contribution in [2.75, 3.05) is 11.9 Å². The Labute approximate surface area is 183 Å². The molecule has 7 nitrogen and oxygen atoms in total. The quantitative estimate of drug-likeness (QED) is 0.527. The van der Waals surface area contributed by atoms with Gasteiger partial charge in [-0.25, -0.2) is 9.97 Å². The lowest BCUT2D eigenvalue weighted by atomic mass is 10.0. The van der Waals surface area contributed by atoms with Gasteiger partial charge in [0.2, 0.25) is 5.91 Å². The Morgan fingerprint density at radius 2 is 1.94 bits per heavy atom. The highest BCUT2D eigenvalue weighted by Gasteiger charge is 2.33. The lowest BCUT2D eigenvalue weighted by Gasteiger charge is -2.34. The van der Waals surface area contributed by atoms with E-state index in [2.05, 4.69) is 15.3 Å². The van der Waals surface area contributed by atoms with Crippen LogP contribution in [0, 0.1) is 0 Å². The van der Waals surface area contributed by atoms with Crippen molar-refractivity contribution >= 4 is 39.9 Å². The molecule has 0 bridgehead atoms. The molecule has 156 valence electrons. The molecule has 31 heavy (non-hydrogen) atoms. The number of anilines is 1. The summed E-state index contributed by atoms with van der Waals surface area (Å²) in [7, 11) is 0. The van der Waals surface area contributed by atoms with Gasteiger partial charge in [0.05, 0.1) is 27.8 Å². The van der Waals surface area contributed by atoms with E-state index in [-0.39, 0.29) is 11.8 Å². The van der Waals surface area contributed by atoms with E-state index in [1.165, 1.54) is 11.3 Å². The molecule has 1 fully saturated rings. The third-order valence-electron chi connectivity index (χ3n) is 5.51. The molecule has 1 atom stereocenters. The molecule has 8 heteroatoms. The molecule has 3 aromatic heterocycles. The maximum absolute atomic E-state index is 13.0. The number of piperidine rings is 1. The van der Waals surface area contributed by atoms with Crippen molar-refractivity contribution in [3.8, 4) is 5.82 Å². The minimum absolute atomic E-state index is 0.0738. The van der Waals surface area contributed by atoms with Gasteiger partial charge in [-0.05, 0) is 55.0 Å². The van der Waals surface area contributed by atoms with Crippen molar-refractivity contribution < 1.29 is 9.59 Å². The second-order valence-electron chi connectivity index (χ2n) is 7.49. The SMILES string of the molecule is O=C(Nc1ccc(-n2cnc3ccccc32)nc1)C1CCCCN1C(=O)c1cccs1. The zero-order valence-corrected chi connectivity index (χ0v) is 17.6. The van der Waals surface area contributed by atoms with E-state index in [0.717, 1.165) is 29.7 Å². The molecule has 4 heterocycles. The number of aromatic nitrogens is 3. The molecule has 4 aromatic rings. The Morgan fingerprint density at radius 3 is 2.74 bits per heavy atom. The van der Waals surface area contributed by atoms with E-state index < -0.39 is 6.04 Å². The molecule has 1 unspecified atom stereocenters. The summed E-state index contributed by atoms with van der Waals surface area (Å²) in [5, 5.41) is 4.81. The average molecular weight is 432 g/mol. The fourth-order valence-electron chi connectivity index (χ4n) is 3.96. The Bertz CT molecular complexity index is 1220. The lowest BCUT2D eigenvalue weighted by Crippen LogP contribution is -2.49. The van der Waals surface area contributed by atoms with E-state index in [4.69, 9.17) is 0 Å². The van der Waals surface area contributed by atoms with Crippen LogP contribution in [0.25, 0.3) is 16.9 Å². The molecule has 0 aliphatic carbocycles. The normalized spacial score (nSPS) is 16.4. The van der Waals surface area contributed by atoms with Crippen LogP contribution >= 0.6 is 11.3 Å². The highest BCUT2D eigenvalue weighted by molar-refractivity contribution is 7.12. The fraction of sp³-hybridized carbons (Fsp3) is 0.217. The van der Waals surface area contributed by atoms with Crippen LogP contribution in [0.15, 0.2) is 66.4 Å². The number of pyridine rings is 1. The summed E-state index contributed by atoms with van der Waals surface area (Å²) in [5.74, 6) is 0.474. The van der Waals surface area contributed by atoms with Crippen molar-refractivity contribution in [2.24, 2.45) is 0 Å². The van der Waals surface area contributed by atoms with Gasteiger partial charge in [-0.3, -0.25) is 14.2 Å². The molecule has 0 spiro atoms. The van der Waals surface area contributed by atoms with Crippen LogP contribution in [0.4, 0.5) is 5.69 Å². The van der Waals surface area contributed by atoms with Crippen LogP contribution < -0.4 is 5.32 Å². The summed E-state index contributed by atoms with van der Waals surface area (Å²) in [6, 6.07) is 14.7. The maximum Gasteiger partial charge on any atom is 0.264 e. The smallest absolute Gasteiger partial charge is 0.264 e. The van der Waals surface area contributed by atoms with Crippen molar-refractivity contribution in [3.05, 3.63) is 71.3 Å². The van der Waals surface area contributed by atoms with Crippen LogP contribution in [0.1, 0.15) is 28.9 Å². The molecule has 0 radical (unpaired) electrons. The van der Waals surface area contributed by atoms with Gasteiger partial charge in [-0.2, -0.15) is 0 Å². The average Bonchev–Trinajstić information content (AvgIpc) is 3.50. The summed E-state index contributed by atoms with van der Waals surface area (Å²) < 4.78 is 1.91. The number of carbonyl (C=O) groups excluding carboxylic acids is 2. The molecule has 1 aliphatic rings. The Kier molecular flexibility index (Phi) is 5.21. The van der Waals surface area contributed by atoms with Crippen LogP contribution in [0.5, 0.6) is 0 Å². The van der Waals surface area contributed by atoms with Gasteiger partial charge >= 0.3 is 0 Å². The van der Waals surface area contributed by atoms with Crippen molar-refractivity contribution in [3.63, 3.8) is 0 Å². The summed E-state index contributed by atoms with van der Waals surface area (Å²) in [5.41, 5.74) is 2.47. The summed E-state index contributed by atoms with van der Waals surface area (Å²) >= 11 is 1.40. The number of carbonyl (C=O) groups is 2. The predicted octanol–water partition coefficient (Wildman–Crippen LogP) is 4.12. The van der Waals surface area contributed by atoms with Crippen LogP contribution in [-0.2, 0) is 4.79 Å². The number of para-hydroxylation sites is 2. The number of benzene rings is 1. The first-order valence-corrected chi connectivity index (χ1v) is 11.1. The van der Waals surface area contributed by atoms with E-state index in [1.54, 1.807) is 23.5 Å². The van der Waals surface area contributed by atoms with Crippen LogP contribution in [0.2, 0.25) is 0 Å². The highest BCUT2D eigenvalue weighted by atomic mass is 32.1. The minimum atomic E-state index is -0.472. The van der Waals surface area contributed by atoms with Gasteiger partial charge in [0.25, 0.3) is 5.91 Å². The summed E-state index contributed by atoms with van der Waals surface area (Å²) in [6.07, 6.45) is 5.88. The van der Waals surface area contributed by atoms with Gasteiger partial charge in [0.15, 0.2) is 0 Å². The standard InChI is InChI=1S/C23H21N5O2S/c29-22(19-8-3-4-12-27(19)23(30)20-9-5-13-31-20)26-16-10-11-21(24-14-16)28-15-25-17-6-1-2-7-18(17)28/h1-2,5-7,9-11,13-15,19H,3-4,8,12H2,(H,26,29). The molecule has 1 N–H and O–H groups in total. The van der Waals surface area contributed by atoms with E-state index >= 15 is 0 Å². The molecular weight excluding hydrogens is 410 g/mol. The van der Waals surface area contributed by atoms with E-state index in [0.29, 0.717) is 23.5 Å². The summed E-state index contributed by atoms with van der Waals surface area (Å²) in [4.78, 5) is 37.1. The first kappa shape index (κ1) is 19.4. The first-order valence-electron chi connectivity index (χ1n) is 10.2. The number of imidazole rings is 1. The number of hydrogen-bond acceptors (Lipinski definition) is 5. The largest absolute Gasteiger partial charge is 0.326 e. The fourth-order valence-corrected chi connectivity index (χ4v) is 4.64. The first-order chi connectivity index (χ1) is 15.2. The van der Waals surface area contributed by atoms with Crippen molar-refractivity contribution in [1.29, 1.82) is 0 Å². The number of thiophene rings is 1. The van der Waals surface area contributed by atoms with Gasteiger partial charge in [-0.15, -0.1) is 11.3 Å². The molecule has 1 aromatic carbocycles. The second kappa shape index (κ2) is 8.31. The topological polar surface area (TPSA) is 80.1 Å². The Balaban J connectivity index is 1.32. The van der Waals surface area contributed by atoms with Gasteiger partial charge < -0.3 is 10.2 Å². The summed E-state index contributed by atoms with van der Waals surface area (Å²) in [6.45, 7) is 0.597. The molecule has 0 saturated carbocycles. The van der Waals surface area contributed by atoms with Gasteiger partial charge in [-0.1, -0.05) is 18.2 Å². The molecule has 1 saturated heterocycles. The number of fused-ring (bicyclic) bond motifs is 1. The molecule has 1 aliphatic heterocycles. The lowest BCUT2D eigenvalue weighted by molar-refractivity contribution is -0.121. The number of nitrogens with one attached hydrogen (secondary N) is 1. The highest BCUT2D eigenvalue weighted by Crippen LogP contribution is 2.23. The third kappa shape index (κ3) is 3.82. The number of amides is 2. The monoisotopic (exact) mass is 431 g/mol. The number of hydrogen-bond donors (Lipinski definition) is 1. The zero-order valence-electron chi connectivity index (χ0n) is 16.8. The Morgan fingerprint density at radius 1 is 1.03 bits per heavy atom. The van der Waals surface area contributed by atoms with E-state index in [9.17, 15) is 9.59 Å². The molecular formula is C23H21N5O2S. The molecule has 2 amide bonds. The zero-order chi connectivity index (χ0) is 21.2. The van der Waals surface area contributed by atoms with Crippen molar-refractivity contribution in [2.45, 2.75) is 25.3 Å². The Hall–Kier alpha value is -3.52. The van der Waals surface area contributed by atoms with Gasteiger partial charge in [0.1, 0.15) is 18.2 Å². The predicted molar refractivity (Wildman–Crippen MR) is 120 cm³/mol. The van der Waals surface area contributed by atoms with Crippen molar-refractivity contribution in [1.82, 2.24) is 19.4 Å². The number of rotatable bonds is 4. The number of nitrogens with zero attached hydrogens (tertiary/aromatic N) is 4. The second-order valence-corrected chi connectivity index (χ2v) is 8.43. The minimum Gasteiger partial charge on any atom is -0.326 e. The maximum atomic E-state index is 13.0.